The molecule has 17 heavy (non-hydrogen) atoms. The highest BCUT2D eigenvalue weighted by molar-refractivity contribution is 5.31. The van der Waals surface area contributed by atoms with Gasteiger partial charge < -0.3 is 0 Å². The van der Waals surface area contributed by atoms with Crippen LogP contribution in [0.4, 0.5) is 0 Å². The normalized spacial score (nSPS) is 11.5. The second kappa shape index (κ2) is 4.70. The second-order valence-electron chi connectivity index (χ2n) is 5.07. The van der Waals surface area contributed by atoms with E-state index in [-0.39, 0.29) is 5.41 Å². The Labute approximate surface area is 104 Å². The summed E-state index contributed by atoms with van der Waals surface area (Å²) in [6.45, 7) is 6.81. The van der Waals surface area contributed by atoms with E-state index in [1.807, 2.05) is 18.2 Å². The molecule has 0 atom stereocenters. The zero-order chi connectivity index (χ0) is 12.3. The van der Waals surface area contributed by atoms with Crippen LogP contribution in [-0.2, 0) is 5.41 Å². The quantitative estimate of drug-likeness (QED) is 0.703. The van der Waals surface area contributed by atoms with Crippen LogP contribution in [-0.4, -0.2) is 0 Å². The van der Waals surface area contributed by atoms with Gasteiger partial charge in [-0.15, -0.1) is 0 Å². The van der Waals surface area contributed by atoms with E-state index in [4.69, 9.17) is 0 Å². The van der Waals surface area contributed by atoms with E-state index in [0.29, 0.717) is 0 Å². The molecule has 0 fully saturated rings. The lowest BCUT2D eigenvalue weighted by molar-refractivity contribution is -0.595. The number of nitrogens with zero attached hydrogens (tertiary/aromatic N) is 1. The zero-order valence-corrected chi connectivity index (χ0v) is 10.9. The van der Waals surface area contributed by atoms with Crippen molar-refractivity contribution >= 4 is 0 Å². The molecule has 0 amide bonds. The third kappa shape index (κ3) is 2.55. The van der Waals surface area contributed by atoms with Crippen molar-refractivity contribution in [3.63, 3.8) is 0 Å². The number of pyridine rings is 1. The molecule has 0 spiro atoms. The van der Waals surface area contributed by atoms with Gasteiger partial charge in [0.2, 0.25) is 5.69 Å². The van der Waals surface area contributed by atoms with E-state index in [1.54, 1.807) is 0 Å². The molecule has 0 N–H and O–H groups in total. The predicted octanol–water partition coefficient (Wildman–Crippen LogP) is 3.65. The lowest BCUT2D eigenvalue weighted by Gasteiger charge is -2.22. The fourth-order valence-electron chi connectivity index (χ4n) is 1.86. The predicted molar refractivity (Wildman–Crippen MR) is 71.3 cm³/mol. The van der Waals surface area contributed by atoms with Crippen LogP contribution >= 0.6 is 0 Å². The van der Waals surface area contributed by atoms with E-state index < -0.39 is 0 Å². The van der Waals surface area contributed by atoms with Crippen molar-refractivity contribution in [1.29, 1.82) is 0 Å². The maximum absolute atomic E-state index is 2.29. The fourth-order valence-corrected chi connectivity index (χ4v) is 1.86. The van der Waals surface area contributed by atoms with Crippen molar-refractivity contribution in [3.05, 3.63) is 60.4 Å². The standard InChI is InChI=1S/C16H20N/c1-4-16(2,3)14-8-10-15(11-9-14)17-12-6-5-7-13-17/h5-13H,4H2,1-3H3/q+1. The van der Waals surface area contributed by atoms with Gasteiger partial charge in [-0.1, -0.05) is 39.0 Å². The van der Waals surface area contributed by atoms with Gasteiger partial charge >= 0.3 is 0 Å². The first kappa shape index (κ1) is 11.8. The third-order valence-electron chi connectivity index (χ3n) is 3.55. The van der Waals surface area contributed by atoms with Crippen LogP contribution in [0.2, 0.25) is 0 Å². The smallest absolute Gasteiger partial charge is 0.167 e. The number of benzene rings is 1. The molecule has 88 valence electrons. The molecule has 0 aliphatic carbocycles. The Morgan fingerprint density at radius 2 is 1.53 bits per heavy atom. The summed E-state index contributed by atoms with van der Waals surface area (Å²) in [6.07, 6.45) is 5.30. The van der Waals surface area contributed by atoms with Crippen molar-refractivity contribution in [1.82, 2.24) is 0 Å². The molecule has 1 aromatic carbocycles. The lowest BCUT2D eigenvalue weighted by Crippen LogP contribution is -2.29. The first-order chi connectivity index (χ1) is 8.13. The van der Waals surface area contributed by atoms with Crippen LogP contribution < -0.4 is 4.57 Å². The minimum atomic E-state index is 0.264. The highest BCUT2D eigenvalue weighted by Crippen LogP contribution is 2.26. The summed E-state index contributed by atoms with van der Waals surface area (Å²) in [5.74, 6) is 0. The van der Waals surface area contributed by atoms with Crippen LogP contribution in [0.5, 0.6) is 0 Å². The molecule has 0 bridgehead atoms. The molecule has 2 aromatic rings. The van der Waals surface area contributed by atoms with Crippen molar-refractivity contribution in [2.45, 2.75) is 32.6 Å². The first-order valence-corrected chi connectivity index (χ1v) is 6.21. The van der Waals surface area contributed by atoms with Gasteiger partial charge in [-0.05, 0) is 17.4 Å². The van der Waals surface area contributed by atoms with E-state index in [0.717, 1.165) is 6.42 Å². The third-order valence-corrected chi connectivity index (χ3v) is 3.55. The maximum Gasteiger partial charge on any atom is 0.210 e. The zero-order valence-electron chi connectivity index (χ0n) is 10.9. The van der Waals surface area contributed by atoms with E-state index in [2.05, 4.69) is 62.0 Å². The van der Waals surface area contributed by atoms with Gasteiger partial charge in [-0.3, -0.25) is 0 Å². The monoisotopic (exact) mass is 226 g/mol. The van der Waals surface area contributed by atoms with Gasteiger partial charge in [0.25, 0.3) is 0 Å². The average Bonchev–Trinajstić information content (AvgIpc) is 2.40. The fraction of sp³-hybridized carbons (Fsp3) is 0.312. The Morgan fingerprint density at radius 3 is 2.06 bits per heavy atom. The summed E-state index contributed by atoms with van der Waals surface area (Å²) in [4.78, 5) is 0. The molecule has 0 aliphatic heterocycles. The molecule has 1 heterocycles. The van der Waals surface area contributed by atoms with Crippen LogP contribution in [0.15, 0.2) is 54.9 Å². The molecule has 0 saturated carbocycles. The van der Waals surface area contributed by atoms with Crippen molar-refractivity contribution < 1.29 is 4.57 Å². The Hall–Kier alpha value is -1.63. The number of hydrogen-bond donors (Lipinski definition) is 0. The lowest BCUT2D eigenvalue weighted by atomic mass is 9.82. The van der Waals surface area contributed by atoms with Gasteiger partial charge in [0.15, 0.2) is 12.4 Å². The summed E-state index contributed by atoms with van der Waals surface area (Å²) < 4.78 is 2.13. The Kier molecular flexibility index (Phi) is 3.28. The van der Waals surface area contributed by atoms with Crippen molar-refractivity contribution in [2.75, 3.05) is 0 Å². The van der Waals surface area contributed by atoms with E-state index in [9.17, 15) is 0 Å². The van der Waals surface area contributed by atoms with Gasteiger partial charge in [-0.25, -0.2) is 0 Å². The molecule has 1 aromatic heterocycles. The van der Waals surface area contributed by atoms with Crippen LogP contribution in [0.25, 0.3) is 5.69 Å². The minimum Gasteiger partial charge on any atom is -0.167 e. The van der Waals surface area contributed by atoms with E-state index >= 15 is 0 Å². The summed E-state index contributed by atoms with van der Waals surface area (Å²) in [5.41, 5.74) is 2.88. The number of hydrogen-bond acceptors (Lipinski definition) is 0. The van der Waals surface area contributed by atoms with Crippen molar-refractivity contribution in [2.24, 2.45) is 0 Å². The molecule has 1 nitrogen and oxygen atoms in total. The summed E-state index contributed by atoms with van der Waals surface area (Å²) in [7, 11) is 0. The molecule has 0 aliphatic rings. The second-order valence-corrected chi connectivity index (χ2v) is 5.07. The Morgan fingerprint density at radius 1 is 0.941 bits per heavy atom. The summed E-state index contributed by atoms with van der Waals surface area (Å²) >= 11 is 0. The largest absolute Gasteiger partial charge is 0.210 e. The molecule has 2 rings (SSSR count). The topological polar surface area (TPSA) is 3.88 Å². The van der Waals surface area contributed by atoms with Crippen LogP contribution in [0.1, 0.15) is 32.8 Å². The van der Waals surface area contributed by atoms with E-state index in [1.165, 1.54) is 11.3 Å². The molecule has 1 heteroatoms. The summed E-state index contributed by atoms with van der Waals surface area (Å²) in [5, 5.41) is 0. The SMILES string of the molecule is CCC(C)(C)c1ccc(-[n+]2ccccc2)cc1. The van der Waals surface area contributed by atoms with Gasteiger partial charge in [0.1, 0.15) is 0 Å². The summed E-state index contributed by atoms with van der Waals surface area (Å²) in [6, 6.07) is 15.0. The van der Waals surface area contributed by atoms with Gasteiger partial charge in [-0.2, -0.15) is 4.57 Å². The minimum absolute atomic E-state index is 0.264. The molecule has 0 saturated heterocycles. The average molecular weight is 226 g/mol. The van der Waals surface area contributed by atoms with Crippen LogP contribution in [0.3, 0.4) is 0 Å². The first-order valence-electron chi connectivity index (χ1n) is 6.21. The molecule has 0 unspecified atom stereocenters. The highest BCUT2D eigenvalue weighted by atomic mass is 14.9. The van der Waals surface area contributed by atoms with Crippen LogP contribution in [0, 0.1) is 0 Å². The van der Waals surface area contributed by atoms with Gasteiger partial charge in [0.05, 0.1) is 0 Å². The molecule has 0 radical (unpaired) electrons. The van der Waals surface area contributed by atoms with Crippen molar-refractivity contribution in [3.8, 4) is 5.69 Å². The number of aromatic nitrogens is 1. The Balaban J connectivity index is 2.31. The van der Waals surface area contributed by atoms with Gasteiger partial charge in [0, 0.05) is 24.3 Å². The maximum atomic E-state index is 2.29. The highest BCUT2D eigenvalue weighted by Gasteiger charge is 2.18. The molecular formula is C16H20N+. The molecular weight excluding hydrogens is 206 g/mol. The Bertz CT molecular complexity index is 469. The number of rotatable bonds is 3.